The Labute approximate surface area is 153 Å². The van der Waals surface area contributed by atoms with Crippen LogP contribution in [0.1, 0.15) is 29.4 Å². The first kappa shape index (κ1) is 18.8. The van der Waals surface area contributed by atoms with Gasteiger partial charge in [-0.1, -0.05) is 5.21 Å². The topological polar surface area (TPSA) is 84.1 Å². The Morgan fingerprint density at radius 1 is 1.50 bits per heavy atom. The molecule has 0 spiro atoms. The predicted octanol–water partition coefficient (Wildman–Crippen LogP) is 1.48. The van der Waals surface area contributed by atoms with Gasteiger partial charge < -0.3 is 10.0 Å². The van der Waals surface area contributed by atoms with Crippen molar-refractivity contribution in [3.8, 4) is 0 Å². The molecule has 2 aromatic heterocycles. The average molecular weight is 385 g/mol. The van der Waals surface area contributed by atoms with Gasteiger partial charge in [0.05, 0.1) is 16.7 Å². The van der Waals surface area contributed by atoms with E-state index in [-0.39, 0.29) is 25.0 Å². The number of amides is 1. The molecule has 1 atom stereocenters. The number of alkyl halides is 2. The van der Waals surface area contributed by atoms with Crippen molar-refractivity contribution in [2.75, 3.05) is 19.7 Å². The summed E-state index contributed by atoms with van der Waals surface area (Å²) in [7, 11) is 0. The Morgan fingerprint density at radius 2 is 2.23 bits per heavy atom. The summed E-state index contributed by atoms with van der Waals surface area (Å²) in [6.07, 6.45) is 3.21. The maximum Gasteiger partial charge on any atom is 0.347 e. The van der Waals surface area contributed by atoms with Crippen molar-refractivity contribution in [1.82, 2.24) is 24.9 Å². The smallest absolute Gasteiger partial charge is 0.347 e. The van der Waals surface area contributed by atoms with Gasteiger partial charge in [0.25, 0.3) is 5.91 Å². The second-order valence-corrected chi connectivity index (χ2v) is 7.71. The van der Waals surface area contributed by atoms with E-state index in [1.807, 2.05) is 25.4 Å². The fraction of sp³-hybridized carbons (Fsp3) is 0.625. The van der Waals surface area contributed by atoms with E-state index in [0.29, 0.717) is 6.42 Å². The van der Waals surface area contributed by atoms with Gasteiger partial charge in [-0.25, -0.2) is 9.67 Å². The maximum absolute atomic E-state index is 13.2. The van der Waals surface area contributed by atoms with Gasteiger partial charge in [0.2, 0.25) is 0 Å². The van der Waals surface area contributed by atoms with E-state index >= 15 is 0 Å². The number of aliphatic hydroxyl groups is 1. The second-order valence-electron chi connectivity index (χ2n) is 6.77. The molecule has 1 aliphatic heterocycles. The number of aromatic nitrogens is 4. The SMILES string of the molecule is Cc1csc(CC(C)n2cc(CC3CN(C(=O)C(F)(F)CO)C3)nn2)n1. The number of nitrogens with zero attached hydrogens (tertiary/aromatic N) is 5. The number of halogens is 2. The summed E-state index contributed by atoms with van der Waals surface area (Å²) in [5.74, 6) is -4.93. The van der Waals surface area contributed by atoms with Crippen molar-refractivity contribution in [3.63, 3.8) is 0 Å². The van der Waals surface area contributed by atoms with Crippen LogP contribution in [-0.4, -0.2) is 61.5 Å². The number of likely N-dealkylation sites (tertiary alicyclic amines) is 1. The van der Waals surface area contributed by atoms with Crippen molar-refractivity contribution in [2.45, 2.75) is 38.7 Å². The molecule has 3 rings (SSSR count). The number of aryl methyl sites for hydroxylation is 1. The third kappa shape index (κ3) is 4.07. The molecule has 142 valence electrons. The number of hydrogen-bond donors (Lipinski definition) is 1. The minimum atomic E-state index is -3.70. The lowest BCUT2D eigenvalue weighted by Gasteiger charge is -2.40. The summed E-state index contributed by atoms with van der Waals surface area (Å²) in [5, 5.41) is 19.9. The number of hydrogen-bond acceptors (Lipinski definition) is 6. The van der Waals surface area contributed by atoms with Crippen molar-refractivity contribution in [3.05, 3.63) is 28.0 Å². The van der Waals surface area contributed by atoms with Crippen LogP contribution in [0.15, 0.2) is 11.6 Å². The van der Waals surface area contributed by atoms with E-state index < -0.39 is 18.4 Å². The lowest BCUT2D eigenvalue weighted by Crippen LogP contribution is -2.56. The molecule has 0 aromatic carbocycles. The highest BCUT2D eigenvalue weighted by Gasteiger charge is 2.45. The quantitative estimate of drug-likeness (QED) is 0.780. The fourth-order valence-corrected chi connectivity index (χ4v) is 3.82. The van der Waals surface area contributed by atoms with Gasteiger partial charge in [0.15, 0.2) is 0 Å². The van der Waals surface area contributed by atoms with E-state index in [9.17, 15) is 13.6 Å². The van der Waals surface area contributed by atoms with Crippen molar-refractivity contribution in [2.24, 2.45) is 5.92 Å². The molecule has 0 radical (unpaired) electrons. The molecule has 1 unspecified atom stereocenters. The van der Waals surface area contributed by atoms with Crippen LogP contribution in [0.3, 0.4) is 0 Å². The molecule has 0 aliphatic carbocycles. The van der Waals surface area contributed by atoms with Crippen molar-refractivity contribution < 1.29 is 18.7 Å². The summed E-state index contributed by atoms with van der Waals surface area (Å²) in [5.41, 5.74) is 1.78. The van der Waals surface area contributed by atoms with Crippen LogP contribution >= 0.6 is 11.3 Å². The minimum absolute atomic E-state index is 0.0792. The van der Waals surface area contributed by atoms with Gasteiger partial charge >= 0.3 is 5.92 Å². The minimum Gasteiger partial charge on any atom is -0.390 e. The number of carbonyl (C=O) groups excluding carboxylic acids is 1. The van der Waals surface area contributed by atoms with Gasteiger partial charge in [-0.05, 0) is 26.2 Å². The molecule has 0 saturated carbocycles. The summed E-state index contributed by atoms with van der Waals surface area (Å²) < 4.78 is 28.1. The Hall–Kier alpha value is -1.94. The molecule has 1 amide bonds. The van der Waals surface area contributed by atoms with Crippen LogP contribution in [0, 0.1) is 12.8 Å². The third-order valence-corrected chi connectivity index (χ3v) is 5.39. The fourth-order valence-electron chi connectivity index (χ4n) is 2.92. The van der Waals surface area contributed by atoms with E-state index in [1.54, 1.807) is 16.0 Å². The summed E-state index contributed by atoms with van der Waals surface area (Å²) in [6, 6.07) is 0.115. The van der Waals surface area contributed by atoms with Gasteiger partial charge in [0, 0.05) is 36.8 Å². The first-order valence-electron chi connectivity index (χ1n) is 8.38. The molecule has 1 fully saturated rings. The molecule has 1 aliphatic rings. The number of thiazole rings is 1. The zero-order valence-electron chi connectivity index (χ0n) is 14.6. The van der Waals surface area contributed by atoms with Crippen LogP contribution in [-0.2, 0) is 17.6 Å². The lowest BCUT2D eigenvalue weighted by molar-refractivity contribution is -0.169. The van der Waals surface area contributed by atoms with E-state index in [1.165, 1.54) is 0 Å². The van der Waals surface area contributed by atoms with Crippen LogP contribution in [0.2, 0.25) is 0 Å². The normalized spacial score (nSPS) is 16.6. The Balaban J connectivity index is 1.50. The average Bonchev–Trinajstić information content (AvgIpc) is 3.19. The molecule has 3 heterocycles. The van der Waals surface area contributed by atoms with Crippen LogP contribution in [0.25, 0.3) is 0 Å². The molecule has 0 bridgehead atoms. The third-order valence-electron chi connectivity index (χ3n) is 4.40. The van der Waals surface area contributed by atoms with Gasteiger partial charge in [-0.2, -0.15) is 8.78 Å². The molecular weight excluding hydrogens is 364 g/mol. The van der Waals surface area contributed by atoms with Crippen molar-refractivity contribution >= 4 is 17.2 Å². The highest BCUT2D eigenvalue weighted by atomic mass is 32.1. The molecule has 26 heavy (non-hydrogen) atoms. The number of carbonyl (C=O) groups is 1. The first-order chi connectivity index (χ1) is 12.3. The zero-order valence-corrected chi connectivity index (χ0v) is 15.4. The Morgan fingerprint density at radius 3 is 2.85 bits per heavy atom. The number of rotatable bonds is 7. The highest BCUT2D eigenvalue weighted by molar-refractivity contribution is 7.09. The van der Waals surface area contributed by atoms with Crippen LogP contribution in [0.4, 0.5) is 8.78 Å². The second kappa shape index (κ2) is 7.36. The van der Waals surface area contributed by atoms with E-state index in [2.05, 4.69) is 15.3 Å². The van der Waals surface area contributed by atoms with Gasteiger partial charge in [0.1, 0.15) is 6.61 Å². The molecule has 7 nitrogen and oxygen atoms in total. The zero-order chi connectivity index (χ0) is 18.9. The van der Waals surface area contributed by atoms with Crippen LogP contribution in [0.5, 0.6) is 0 Å². The first-order valence-corrected chi connectivity index (χ1v) is 9.26. The Kier molecular flexibility index (Phi) is 5.33. The number of aliphatic hydroxyl groups excluding tert-OH is 1. The maximum atomic E-state index is 13.2. The summed E-state index contributed by atoms with van der Waals surface area (Å²) >= 11 is 1.62. The van der Waals surface area contributed by atoms with E-state index in [0.717, 1.165) is 27.7 Å². The van der Waals surface area contributed by atoms with Gasteiger partial charge in [-0.15, -0.1) is 16.4 Å². The largest absolute Gasteiger partial charge is 0.390 e. The summed E-state index contributed by atoms with van der Waals surface area (Å²) in [6.45, 7) is 3.03. The van der Waals surface area contributed by atoms with Gasteiger partial charge in [-0.3, -0.25) is 4.79 Å². The van der Waals surface area contributed by atoms with E-state index in [4.69, 9.17) is 5.11 Å². The highest BCUT2D eigenvalue weighted by Crippen LogP contribution is 2.26. The lowest BCUT2D eigenvalue weighted by atomic mass is 9.94. The Bertz CT molecular complexity index is 772. The monoisotopic (exact) mass is 385 g/mol. The molecule has 1 N–H and O–H groups in total. The molecule has 1 saturated heterocycles. The molecule has 2 aromatic rings. The van der Waals surface area contributed by atoms with Crippen molar-refractivity contribution in [1.29, 1.82) is 0 Å². The molecule has 10 heteroatoms. The predicted molar refractivity (Wildman–Crippen MR) is 91.1 cm³/mol. The molecular formula is C16H21F2N5O2S. The standard InChI is InChI=1S/C16H21F2N5O2S/c1-10-8-26-14(19-10)3-11(2)23-7-13(20-21-23)4-12-5-22(6-12)15(25)16(17,18)9-24/h7-8,11-12,24H,3-6,9H2,1-2H3. The summed E-state index contributed by atoms with van der Waals surface area (Å²) in [4.78, 5) is 17.0. The van der Waals surface area contributed by atoms with Crippen LogP contribution < -0.4 is 0 Å².